The van der Waals surface area contributed by atoms with Gasteiger partial charge in [0.2, 0.25) is 5.91 Å². The fraction of sp³-hybridized carbons (Fsp3) is 0.333. The van der Waals surface area contributed by atoms with Crippen molar-refractivity contribution in [3.05, 3.63) is 66.5 Å². The summed E-state index contributed by atoms with van der Waals surface area (Å²) in [4.78, 5) is 28.4. The molecular weight excluding hydrogens is 413 g/mol. The largest absolute Gasteiger partial charge is 0.493 e. The van der Waals surface area contributed by atoms with Crippen LogP contribution in [-0.4, -0.2) is 68.1 Å². The van der Waals surface area contributed by atoms with Crippen molar-refractivity contribution in [3.63, 3.8) is 0 Å². The van der Waals surface area contributed by atoms with E-state index in [0.29, 0.717) is 43.4 Å². The molecule has 0 radical (unpaired) electrons. The minimum atomic E-state index is -0.400. The first-order valence-corrected chi connectivity index (χ1v) is 10.4. The molecule has 1 fully saturated rings. The summed E-state index contributed by atoms with van der Waals surface area (Å²) >= 11 is 0. The van der Waals surface area contributed by atoms with Crippen LogP contribution < -0.4 is 14.8 Å². The molecule has 1 N–H and O–H groups in total. The maximum absolute atomic E-state index is 13.2. The number of piperazine rings is 1. The maximum Gasteiger partial charge on any atom is 0.260 e. The predicted molar refractivity (Wildman–Crippen MR) is 120 cm³/mol. The summed E-state index contributed by atoms with van der Waals surface area (Å²) in [5, 5.41) is 2.69. The number of nitrogens with one attached hydrogen (secondary N) is 1. The third kappa shape index (κ3) is 6.55. The zero-order valence-electron chi connectivity index (χ0n) is 18.2. The normalized spacial score (nSPS) is 14.0. The van der Waals surface area contributed by atoms with Gasteiger partial charge in [0.05, 0.1) is 13.7 Å². The molecule has 0 unspecified atom stereocenters. The molecule has 0 saturated carbocycles. The number of ether oxygens (including phenoxy) is 2. The van der Waals surface area contributed by atoms with Gasteiger partial charge in [0.25, 0.3) is 5.91 Å². The van der Waals surface area contributed by atoms with Gasteiger partial charge in [-0.2, -0.15) is 0 Å². The van der Waals surface area contributed by atoms with E-state index in [1.54, 1.807) is 30.2 Å². The molecule has 1 aliphatic rings. The molecule has 1 heterocycles. The van der Waals surface area contributed by atoms with Crippen LogP contribution in [0.4, 0.5) is 10.1 Å². The molecule has 32 heavy (non-hydrogen) atoms. The lowest BCUT2D eigenvalue weighted by atomic mass is 10.1. The van der Waals surface area contributed by atoms with Crippen LogP contribution in [0.5, 0.6) is 11.5 Å². The number of benzene rings is 2. The lowest BCUT2D eigenvalue weighted by Crippen LogP contribution is -2.51. The molecule has 2 aromatic rings. The smallest absolute Gasteiger partial charge is 0.260 e. The van der Waals surface area contributed by atoms with E-state index in [1.807, 2.05) is 23.1 Å². The van der Waals surface area contributed by atoms with E-state index in [1.165, 1.54) is 12.1 Å². The molecule has 0 aliphatic carbocycles. The second-order valence-electron chi connectivity index (χ2n) is 7.48. The number of anilines is 1. The quantitative estimate of drug-likeness (QED) is 0.606. The Bertz CT molecular complexity index is 958. The number of amides is 2. The summed E-state index contributed by atoms with van der Waals surface area (Å²) < 4.78 is 24.3. The van der Waals surface area contributed by atoms with Crippen molar-refractivity contribution >= 4 is 17.5 Å². The van der Waals surface area contributed by atoms with Crippen LogP contribution in [0, 0.1) is 5.82 Å². The van der Waals surface area contributed by atoms with Crippen molar-refractivity contribution in [2.24, 2.45) is 0 Å². The highest BCUT2D eigenvalue weighted by Gasteiger charge is 2.23. The minimum absolute atomic E-state index is 0.0861. The fourth-order valence-corrected chi connectivity index (χ4v) is 3.48. The highest BCUT2D eigenvalue weighted by atomic mass is 19.1. The molecule has 2 aromatic carbocycles. The molecule has 0 aromatic heterocycles. The van der Waals surface area contributed by atoms with Crippen LogP contribution in [0.1, 0.15) is 5.56 Å². The van der Waals surface area contributed by atoms with E-state index in [-0.39, 0.29) is 25.0 Å². The van der Waals surface area contributed by atoms with E-state index in [4.69, 9.17) is 9.47 Å². The van der Waals surface area contributed by atoms with Crippen LogP contribution in [0.2, 0.25) is 0 Å². The minimum Gasteiger partial charge on any atom is -0.493 e. The molecule has 1 aliphatic heterocycles. The van der Waals surface area contributed by atoms with Crippen molar-refractivity contribution in [1.82, 2.24) is 9.80 Å². The first-order valence-electron chi connectivity index (χ1n) is 10.4. The number of carbonyl (C=O) groups excluding carboxylic acids is 2. The summed E-state index contributed by atoms with van der Waals surface area (Å²) in [6, 6.07) is 11.4. The van der Waals surface area contributed by atoms with Gasteiger partial charge in [0.1, 0.15) is 5.82 Å². The number of nitrogens with zero attached hydrogens (tertiary/aromatic N) is 2. The average Bonchev–Trinajstić information content (AvgIpc) is 2.78. The van der Waals surface area contributed by atoms with Gasteiger partial charge in [-0.3, -0.25) is 14.5 Å². The van der Waals surface area contributed by atoms with Gasteiger partial charge in [0, 0.05) is 31.9 Å². The molecule has 2 amide bonds. The Labute approximate surface area is 187 Å². The van der Waals surface area contributed by atoms with E-state index < -0.39 is 5.82 Å². The lowest BCUT2D eigenvalue weighted by molar-refractivity contribution is -0.135. The van der Waals surface area contributed by atoms with Crippen molar-refractivity contribution < 1.29 is 23.5 Å². The second-order valence-corrected chi connectivity index (χ2v) is 7.48. The number of hydrogen-bond donors (Lipinski definition) is 1. The molecule has 0 bridgehead atoms. The van der Waals surface area contributed by atoms with Crippen molar-refractivity contribution in [2.75, 3.05) is 51.8 Å². The number of rotatable bonds is 9. The lowest BCUT2D eigenvalue weighted by Gasteiger charge is -2.34. The van der Waals surface area contributed by atoms with Gasteiger partial charge < -0.3 is 19.7 Å². The van der Waals surface area contributed by atoms with Gasteiger partial charge in [-0.25, -0.2) is 4.39 Å². The van der Waals surface area contributed by atoms with Gasteiger partial charge in [-0.15, -0.1) is 6.58 Å². The average molecular weight is 442 g/mol. The number of carbonyl (C=O) groups is 2. The summed E-state index contributed by atoms with van der Waals surface area (Å²) in [6.07, 6.45) is 2.53. The number of methoxy groups -OCH3 is 1. The van der Waals surface area contributed by atoms with E-state index in [0.717, 1.165) is 12.0 Å². The topological polar surface area (TPSA) is 71.1 Å². The molecule has 170 valence electrons. The summed E-state index contributed by atoms with van der Waals surface area (Å²) in [6.45, 7) is 5.98. The fourth-order valence-electron chi connectivity index (χ4n) is 3.48. The Kier molecular flexibility index (Phi) is 8.21. The van der Waals surface area contributed by atoms with Crippen molar-refractivity contribution in [2.45, 2.75) is 6.42 Å². The molecule has 3 rings (SSSR count). The number of halogens is 1. The van der Waals surface area contributed by atoms with E-state index in [9.17, 15) is 14.0 Å². The molecule has 0 atom stereocenters. The molecule has 8 heteroatoms. The van der Waals surface area contributed by atoms with Crippen LogP contribution in [0.3, 0.4) is 0 Å². The standard InChI is InChI=1S/C24H28FN3O4/c1-3-5-18-8-9-21(22(14-18)31-2)32-17-24(30)28-12-10-27(11-13-28)16-23(29)26-20-7-4-6-19(25)15-20/h3-4,6-9,14-15H,1,5,10-13,16-17H2,2H3,(H,26,29). The zero-order valence-corrected chi connectivity index (χ0v) is 18.2. The Hall–Kier alpha value is -3.39. The molecule has 0 spiro atoms. The summed E-state index contributed by atoms with van der Waals surface area (Å²) in [5.74, 6) is 0.354. The monoisotopic (exact) mass is 441 g/mol. The Morgan fingerprint density at radius 3 is 2.59 bits per heavy atom. The Morgan fingerprint density at radius 1 is 1.12 bits per heavy atom. The Morgan fingerprint density at radius 2 is 1.91 bits per heavy atom. The maximum atomic E-state index is 13.2. The van der Waals surface area contributed by atoms with E-state index >= 15 is 0 Å². The van der Waals surface area contributed by atoms with E-state index in [2.05, 4.69) is 11.9 Å². The molecule has 7 nitrogen and oxygen atoms in total. The summed E-state index contributed by atoms with van der Waals surface area (Å²) in [7, 11) is 1.56. The third-order valence-electron chi connectivity index (χ3n) is 5.16. The van der Waals surface area contributed by atoms with Crippen molar-refractivity contribution in [1.29, 1.82) is 0 Å². The summed E-state index contributed by atoms with van der Waals surface area (Å²) in [5.41, 5.74) is 1.47. The van der Waals surface area contributed by atoms with Crippen LogP contribution >= 0.6 is 0 Å². The second kappa shape index (κ2) is 11.3. The van der Waals surface area contributed by atoms with Crippen LogP contribution in [0.15, 0.2) is 55.1 Å². The first-order chi connectivity index (χ1) is 15.5. The zero-order chi connectivity index (χ0) is 22.9. The molecule has 1 saturated heterocycles. The van der Waals surface area contributed by atoms with Gasteiger partial charge in [-0.1, -0.05) is 18.2 Å². The van der Waals surface area contributed by atoms with Crippen LogP contribution in [-0.2, 0) is 16.0 Å². The first kappa shape index (κ1) is 23.3. The third-order valence-corrected chi connectivity index (χ3v) is 5.16. The highest BCUT2D eigenvalue weighted by molar-refractivity contribution is 5.92. The van der Waals surface area contributed by atoms with Gasteiger partial charge >= 0.3 is 0 Å². The number of allylic oxidation sites excluding steroid dienone is 1. The molecular formula is C24H28FN3O4. The number of hydrogen-bond acceptors (Lipinski definition) is 5. The van der Waals surface area contributed by atoms with Gasteiger partial charge in [-0.05, 0) is 42.3 Å². The predicted octanol–water partition coefficient (Wildman–Crippen LogP) is 2.72. The highest BCUT2D eigenvalue weighted by Crippen LogP contribution is 2.28. The van der Waals surface area contributed by atoms with Gasteiger partial charge in [0.15, 0.2) is 18.1 Å². The van der Waals surface area contributed by atoms with Crippen LogP contribution in [0.25, 0.3) is 0 Å². The SMILES string of the molecule is C=CCc1ccc(OCC(=O)N2CCN(CC(=O)Nc3cccc(F)c3)CC2)c(OC)c1. The van der Waals surface area contributed by atoms with Crippen molar-refractivity contribution in [3.8, 4) is 11.5 Å². The Balaban J connectivity index is 1.43.